The van der Waals surface area contributed by atoms with Gasteiger partial charge >= 0.3 is 6.03 Å². The van der Waals surface area contributed by atoms with E-state index in [1.165, 1.54) is 0 Å². The molecule has 3 heterocycles. The van der Waals surface area contributed by atoms with Gasteiger partial charge < -0.3 is 10.6 Å². The van der Waals surface area contributed by atoms with Crippen LogP contribution < -0.4 is 21.5 Å². The molecule has 11 heteroatoms. The first-order chi connectivity index (χ1) is 20.5. The summed E-state index contributed by atoms with van der Waals surface area (Å²) < 4.78 is 3.26. The molecule has 0 saturated carbocycles. The summed E-state index contributed by atoms with van der Waals surface area (Å²) in [5.41, 5.74) is 3.60. The molecule has 5 aromatic rings. The second-order valence-electron chi connectivity index (χ2n) is 11.4. The van der Waals surface area contributed by atoms with Gasteiger partial charge in [0.1, 0.15) is 11.5 Å². The number of pyridine rings is 1. The van der Waals surface area contributed by atoms with Gasteiger partial charge in [0, 0.05) is 47.4 Å². The minimum atomic E-state index is -0.485. The lowest BCUT2D eigenvalue weighted by molar-refractivity contribution is 0.262. The van der Waals surface area contributed by atoms with Crippen LogP contribution in [0.15, 0.2) is 71.7 Å². The second-order valence-corrected chi connectivity index (χ2v) is 11.4. The van der Waals surface area contributed by atoms with Crippen molar-refractivity contribution in [2.45, 2.75) is 46.1 Å². The number of aromatic nitrogens is 5. The van der Waals surface area contributed by atoms with Gasteiger partial charge in [-0.25, -0.2) is 14.5 Å². The van der Waals surface area contributed by atoms with E-state index >= 15 is 0 Å². The fourth-order valence-electron chi connectivity index (χ4n) is 4.71. The number of rotatable bonds is 6. The maximum Gasteiger partial charge on any atom is 0.324 e. The maximum absolute atomic E-state index is 13.7. The zero-order valence-corrected chi connectivity index (χ0v) is 24.9. The Morgan fingerprint density at radius 1 is 1.02 bits per heavy atom. The minimum absolute atomic E-state index is 0.140. The molecular formula is C32H33N9O2. The Hall–Kier alpha value is -5.50. The third kappa shape index (κ3) is 5.94. The van der Waals surface area contributed by atoms with Crippen LogP contribution in [-0.4, -0.2) is 37.4 Å². The Morgan fingerprint density at radius 2 is 1.79 bits per heavy atom. The summed E-state index contributed by atoms with van der Waals surface area (Å²) in [6.07, 6.45) is 1.69. The van der Waals surface area contributed by atoms with Crippen molar-refractivity contribution in [2.24, 2.45) is 0 Å². The normalized spacial score (nSPS) is 11.4. The average molecular weight is 576 g/mol. The number of nitriles is 1. The number of carbonyl (C=O) groups excluding carboxylic acids is 1. The fourth-order valence-corrected chi connectivity index (χ4v) is 4.71. The topological polar surface area (TPSA) is 143 Å². The van der Waals surface area contributed by atoms with Gasteiger partial charge in [-0.15, -0.1) is 0 Å². The molecule has 0 atom stereocenters. The molecule has 0 aliphatic carbocycles. The average Bonchev–Trinajstić information content (AvgIpc) is 3.40. The van der Waals surface area contributed by atoms with Gasteiger partial charge in [-0.05, 0) is 55.8 Å². The smallest absolute Gasteiger partial charge is 0.324 e. The van der Waals surface area contributed by atoms with Crippen molar-refractivity contribution < 1.29 is 4.79 Å². The molecule has 5 rings (SSSR count). The standard InChI is InChI=1S/C32H33N9O2/c1-19(2)40-28-22(18-35-30(34-6)38-28)15-25(29(40)42)21-10-8-11-23(14-21)36-31(43)37-27-16-26(32(3,4)5)39-41(27)24-12-7-9-20(13-24)17-33/h7-16,18-19H,1-6H3,(H,34,35,38)(H2,36,37,43). The number of carbonyl (C=O) groups is 1. The van der Waals surface area contributed by atoms with E-state index in [2.05, 4.69) is 32.0 Å². The number of benzene rings is 2. The fraction of sp³-hybridized carbons (Fsp3) is 0.250. The highest BCUT2D eigenvalue weighted by Gasteiger charge is 2.22. The van der Waals surface area contributed by atoms with E-state index < -0.39 is 6.03 Å². The van der Waals surface area contributed by atoms with Gasteiger partial charge in [0.05, 0.1) is 23.0 Å². The van der Waals surface area contributed by atoms with Gasteiger partial charge in [0.15, 0.2) is 0 Å². The quantitative estimate of drug-likeness (QED) is 0.223. The van der Waals surface area contributed by atoms with E-state index in [0.29, 0.717) is 45.5 Å². The molecule has 0 radical (unpaired) electrons. The van der Waals surface area contributed by atoms with Crippen molar-refractivity contribution in [1.29, 1.82) is 5.26 Å². The van der Waals surface area contributed by atoms with Crippen LogP contribution >= 0.6 is 0 Å². The molecule has 3 aromatic heterocycles. The number of fused-ring (bicyclic) bond motifs is 1. The molecule has 0 bridgehead atoms. The van der Waals surface area contributed by atoms with E-state index in [1.807, 2.05) is 52.8 Å². The van der Waals surface area contributed by atoms with Crippen molar-refractivity contribution in [3.05, 3.63) is 88.5 Å². The molecular weight excluding hydrogens is 542 g/mol. The van der Waals surface area contributed by atoms with E-state index in [9.17, 15) is 14.9 Å². The van der Waals surface area contributed by atoms with Crippen LogP contribution in [0.4, 0.5) is 22.2 Å². The maximum atomic E-state index is 13.7. The Balaban J connectivity index is 1.47. The number of hydrogen-bond donors (Lipinski definition) is 3. The minimum Gasteiger partial charge on any atom is -0.357 e. The van der Waals surface area contributed by atoms with Crippen LogP contribution in [0.5, 0.6) is 0 Å². The lowest BCUT2D eigenvalue weighted by atomic mass is 9.92. The largest absolute Gasteiger partial charge is 0.357 e. The third-order valence-electron chi connectivity index (χ3n) is 6.88. The Morgan fingerprint density at radius 3 is 2.49 bits per heavy atom. The number of amides is 2. The molecule has 0 saturated heterocycles. The predicted octanol–water partition coefficient (Wildman–Crippen LogP) is 6.08. The SMILES string of the molecule is CNc1ncc2cc(-c3cccc(NC(=O)Nc4cc(C(C)(C)C)nn4-c4cccc(C#N)c4)c3)c(=O)n(C(C)C)c2n1. The molecule has 218 valence electrons. The molecule has 0 unspecified atom stereocenters. The summed E-state index contributed by atoms with van der Waals surface area (Å²) >= 11 is 0. The van der Waals surface area contributed by atoms with Gasteiger partial charge in [-0.2, -0.15) is 15.3 Å². The zero-order chi connectivity index (χ0) is 30.9. The van der Waals surface area contributed by atoms with Crippen LogP contribution in [0, 0.1) is 11.3 Å². The molecule has 0 fully saturated rings. The van der Waals surface area contributed by atoms with Crippen LogP contribution in [0.25, 0.3) is 27.8 Å². The molecule has 0 spiro atoms. The van der Waals surface area contributed by atoms with Crippen molar-refractivity contribution in [2.75, 3.05) is 23.0 Å². The Labute approximate surface area is 249 Å². The van der Waals surface area contributed by atoms with Crippen molar-refractivity contribution in [1.82, 2.24) is 24.3 Å². The van der Waals surface area contributed by atoms with Crippen LogP contribution in [0.1, 0.15) is 51.9 Å². The second kappa shape index (κ2) is 11.4. The van der Waals surface area contributed by atoms with Crippen LogP contribution in [0.2, 0.25) is 0 Å². The summed E-state index contributed by atoms with van der Waals surface area (Å²) in [6, 6.07) is 19.2. The van der Waals surface area contributed by atoms with Gasteiger partial charge in [0.25, 0.3) is 5.56 Å². The first kappa shape index (κ1) is 29.0. The zero-order valence-electron chi connectivity index (χ0n) is 24.9. The van der Waals surface area contributed by atoms with Crippen LogP contribution in [0.3, 0.4) is 0 Å². The van der Waals surface area contributed by atoms with Crippen molar-refractivity contribution >= 4 is 34.5 Å². The number of anilines is 3. The first-order valence-electron chi connectivity index (χ1n) is 13.9. The highest BCUT2D eigenvalue weighted by molar-refractivity contribution is 6.00. The first-order valence-corrected chi connectivity index (χ1v) is 13.9. The molecule has 3 N–H and O–H groups in total. The summed E-state index contributed by atoms with van der Waals surface area (Å²) in [6.45, 7) is 9.96. The van der Waals surface area contributed by atoms with Crippen molar-refractivity contribution in [3.8, 4) is 22.9 Å². The van der Waals surface area contributed by atoms with Crippen LogP contribution in [-0.2, 0) is 5.41 Å². The van der Waals surface area contributed by atoms with E-state index in [4.69, 9.17) is 5.10 Å². The molecule has 0 aliphatic rings. The Bertz CT molecular complexity index is 1940. The Kier molecular flexibility index (Phi) is 7.70. The van der Waals surface area contributed by atoms with Gasteiger partial charge in [-0.3, -0.25) is 14.7 Å². The van der Waals surface area contributed by atoms with Gasteiger partial charge in [-0.1, -0.05) is 39.0 Å². The summed E-state index contributed by atoms with van der Waals surface area (Å²) in [5.74, 6) is 0.879. The number of nitrogens with zero attached hydrogens (tertiary/aromatic N) is 6. The van der Waals surface area contributed by atoms with E-state index in [-0.39, 0.29) is 17.0 Å². The monoisotopic (exact) mass is 575 g/mol. The van der Waals surface area contributed by atoms with E-state index in [0.717, 1.165) is 11.1 Å². The highest BCUT2D eigenvalue weighted by atomic mass is 16.2. The summed E-state index contributed by atoms with van der Waals surface area (Å²) in [5, 5.41) is 23.5. The number of urea groups is 1. The summed E-state index contributed by atoms with van der Waals surface area (Å²) in [4.78, 5) is 35.7. The van der Waals surface area contributed by atoms with E-state index in [1.54, 1.807) is 65.0 Å². The molecule has 11 nitrogen and oxygen atoms in total. The third-order valence-corrected chi connectivity index (χ3v) is 6.88. The highest BCUT2D eigenvalue weighted by Crippen LogP contribution is 2.28. The molecule has 0 aliphatic heterocycles. The molecule has 2 amide bonds. The van der Waals surface area contributed by atoms with Crippen molar-refractivity contribution in [3.63, 3.8) is 0 Å². The molecule has 43 heavy (non-hydrogen) atoms. The summed E-state index contributed by atoms with van der Waals surface area (Å²) in [7, 11) is 1.73. The molecule has 2 aromatic carbocycles. The lowest BCUT2D eigenvalue weighted by Gasteiger charge is -2.16. The predicted molar refractivity (Wildman–Crippen MR) is 169 cm³/mol. The number of nitrogens with one attached hydrogen (secondary N) is 3. The lowest BCUT2D eigenvalue weighted by Crippen LogP contribution is -2.25. The van der Waals surface area contributed by atoms with Gasteiger partial charge in [0.2, 0.25) is 5.95 Å². The number of hydrogen-bond acceptors (Lipinski definition) is 7.